The van der Waals surface area contributed by atoms with Crippen molar-refractivity contribution in [3.8, 4) is 0 Å². The number of carbonyl (C=O) groups is 1. The fourth-order valence-corrected chi connectivity index (χ4v) is 2.39. The molecule has 0 aromatic rings. The lowest BCUT2D eigenvalue weighted by atomic mass is 9.87. The zero-order valence-electron chi connectivity index (χ0n) is 8.99. The predicted octanol–water partition coefficient (Wildman–Crippen LogP) is -0.489. The van der Waals surface area contributed by atoms with Gasteiger partial charge in [-0.2, -0.15) is 0 Å². The Balaban J connectivity index is 1.81. The SMILES string of the molecule is CNCCCN1CC2CC(C1=O)N2C. The first-order valence-electron chi connectivity index (χ1n) is 5.39. The van der Waals surface area contributed by atoms with Gasteiger partial charge in [0.1, 0.15) is 0 Å². The van der Waals surface area contributed by atoms with E-state index in [1.54, 1.807) is 0 Å². The predicted molar refractivity (Wildman–Crippen MR) is 55.1 cm³/mol. The van der Waals surface area contributed by atoms with Crippen LogP contribution < -0.4 is 5.32 Å². The summed E-state index contributed by atoms with van der Waals surface area (Å²) >= 11 is 0. The molecule has 0 aromatic carbocycles. The van der Waals surface area contributed by atoms with Crippen LogP contribution >= 0.6 is 0 Å². The average Bonchev–Trinajstić information content (AvgIpc) is 2.19. The van der Waals surface area contributed by atoms with Gasteiger partial charge in [0.15, 0.2) is 0 Å². The molecule has 4 nitrogen and oxygen atoms in total. The number of carbonyl (C=O) groups excluding carboxylic acids is 1. The minimum Gasteiger partial charge on any atom is -0.340 e. The number of hydrogen-bond acceptors (Lipinski definition) is 3. The first-order chi connectivity index (χ1) is 6.74. The summed E-state index contributed by atoms with van der Waals surface area (Å²) < 4.78 is 0. The number of piperazine rings is 1. The van der Waals surface area contributed by atoms with E-state index in [-0.39, 0.29) is 6.04 Å². The third-order valence-corrected chi connectivity index (χ3v) is 3.45. The molecule has 2 atom stereocenters. The van der Waals surface area contributed by atoms with Gasteiger partial charge in [-0.25, -0.2) is 0 Å². The van der Waals surface area contributed by atoms with Crippen molar-refractivity contribution >= 4 is 5.91 Å². The molecule has 80 valence electrons. The first-order valence-corrected chi connectivity index (χ1v) is 5.39. The molecule has 1 N–H and O–H groups in total. The van der Waals surface area contributed by atoms with Gasteiger partial charge in [-0.3, -0.25) is 9.69 Å². The highest BCUT2D eigenvalue weighted by molar-refractivity contribution is 5.84. The second-order valence-corrected chi connectivity index (χ2v) is 4.31. The van der Waals surface area contributed by atoms with Gasteiger partial charge >= 0.3 is 0 Å². The van der Waals surface area contributed by atoms with Crippen LogP contribution in [0.1, 0.15) is 12.8 Å². The number of rotatable bonds is 4. The Morgan fingerprint density at radius 1 is 1.57 bits per heavy atom. The highest BCUT2D eigenvalue weighted by atomic mass is 16.2. The van der Waals surface area contributed by atoms with Crippen LogP contribution in [0.15, 0.2) is 0 Å². The molecule has 0 saturated carbocycles. The molecule has 3 aliphatic heterocycles. The molecule has 1 amide bonds. The summed E-state index contributed by atoms with van der Waals surface area (Å²) in [6, 6.07) is 0.829. The second kappa shape index (κ2) is 3.87. The summed E-state index contributed by atoms with van der Waals surface area (Å²) in [6.45, 7) is 2.85. The van der Waals surface area contributed by atoms with Crippen LogP contribution in [0, 0.1) is 0 Å². The summed E-state index contributed by atoms with van der Waals surface area (Å²) in [5.74, 6) is 0.339. The normalized spacial score (nSPS) is 31.9. The molecule has 2 bridgehead atoms. The van der Waals surface area contributed by atoms with Gasteiger partial charge in [0.2, 0.25) is 5.91 Å². The summed E-state index contributed by atoms with van der Waals surface area (Å²) in [6.07, 6.45) is 2.14. The van der Waals surface area contributed by atoms with Crippen LogP contribution in [-0.4, -0.2) is 61.5 Å². The van der Waals surface area contributed by atoms with Gasteiger partial charge in [0, 0.05) is 19.1 Å². The third-order valence-electron chi connectivity index (χ3n) is 3.45. The highest BCUT2D eigenvalue weighted by Gasteiger charge is 2.47. The molecule has 0 spiro atoms. The zero-order chi connectivity index (χ0) is 10.1. The lowest BCUT2D eigenvalue weighted by molar-refractivity contribution is -0.156. The third kappa shape index (κ3) is 1.53. The monoisotopic (exact) mass is 197 g/mol. The van der Waals surface area contributed by atoms with E-state index >= 15 is 0 Å². The number of nitrogens with one attached hydrogen (secondary N) is 1. The number of hydrogen-bond donors (Lipinski definition) is 1. The Morgan fingerprint density at radius 2 is 2.36 bits per heavy atom. The Hall–Kier alpha value is -0.610. The maximum absolute atomic E-state index is 11.8. The number of nitrogens with zero attached hydrogens (tertiary/aromatic N) is 2. The Kier molecular flexibility index (Phi) is 2.74. The number of likely N-dealkylation sites (N-methyl/N-ethyl adjacent to an activating group) is 1. The van der Waals surface area contributed by atoms with Crippen molar-refractivity contribution in [1.82, 2.24) is 15.1 Å². The summed E-state index contributed by atoms with van der Waals surface area (Å²) in [5.41, 5.74) is 0. The zero-order valence-corrected chi connectivity index (χ0v) is 8.99. The Labute approximate surface area is 85.2 Å². The molecule has 14 heavy (non-hydrogen) atoms. The maximum atomic E-state index is 11.8. The smallest absolute Gasteiger partial charge is 0.240 e. The largest absolute Gasteiger partial charge is 0.340 e. The van der Waals surface area contributed by atoms with Crippen LogP contribution in [0.3, 0.4) is 0 Å². The molecular weight excluding hydrogens is 178 g/mol. The van der Waals surface area contributed by atoms with Gasteiger partial charge in [-0.15, -0.1) is 0 Å². The van der Waals surface area contributed by atoms with E-state index in [9.17, 15) is 4.79 Å². The molecule has 0 aliphatic carbocycles. The van der Waals surface area contributed by atoms with E-state index in [0.29, 0.717) is 11.9 Å². The lowest BCUT2D eigenvalue weighted by Crippen LogP contribution is -2.69. The summed E-state index contributed by atoms with van der Waals surface area (Å²) in [5, 5.41) is 3.10. The van der Waals surface area contributed by atoms with E-state index in [0.717, 1.165) is 32.5 Å². The minimum absolute atomic E-state index is 0.198. The van der Waals surface area contributed by atoms with Crippen molar-refractivity contribution in [1.29, 1.82) is 0 Å². The van der Waals surface area contributed by atoms with Crippen molar-refractivity contribution in [2.75, 3.05) is 33.7 Å². The molecule has 3 heterocycles. The van der Waals surface area contributed by atoms with Crippen LogP contribution in [0.4, 0.5) is 0 Å². The van der Waals surface area contributed by atoms with Crippen LogP contribution in [0.2, 0.25) is 0 Å². The summed E-state index contributed by atoms with van der Waals surface area (Å²) in [4.78, 5) is 16.1. The van der Waals surface area contributed by atoms with Crippen molar-refractivity contribution in [3.63, 3.8) is 0 Å². The van der Waals surface area contributed by atoms with Gasteiger partial charge in [-0.1, -0.05) is 0 Å². The fourth-order valence-electron chi connectivity index (χ4n) is 2.39. The number of amides is 1. The standard InChI is InChI=1S/C10H19N3O/c1-11-4-3-5-13-7-8-6-9(10(13)14)12(8)2/h8-9,11H,3-7H2,1-2H3. The maximum Gasteiger partial charge on any atom is 0.240 e. The van der Waals surface area contributed by atoms with E-state index in [2.05, 4.69) is 17.3 Å². The quantitative estimate of drug-likeness (QED) is 0.618. The van der Waals surface area contributed by atoms with Gasteiger partial charge in [0.25, 0.3) is 0 Å². The molecule has 2 unspecified atom stereocenters. The molecule has 3 rings (SSSR count). The molecule has 3 aliphatic rings. The number of fused-ring (bicyclic) bond motifs is 2. The fraction of sp³-hybridized carbons (Fsp3) is 0.900. The topological polar surface area (TPSA) is 35.6 Å². The van der Waals surface area contributed by atoms with E-state index in [4.69, 9.17) is 0 Å². The van der Waals surface area contributed by atoms with Crippen molar-refractivity contribution in [2.45, 2.75) is 24.9 Å². The van der Waals surface area contributed by atoms with E-state index in [1.165, 1.54) is 0 Å². The molecule has 3 saturated heterocycles. The molecule has 3 fully saturated rings. The van der Waals surface area contributed by atoms with Crippen molar-refractivity contribution in [2.24, 2.45) is 0 Å². The minimum atomic E-state index is 0.198. The second-order valence-electron chi connectivity index (χ2n) is 4.31. The molecule has 0 aromatic heterocycles. The Morgan fingerprint density at radius 3 is 2.93 bits per heavy atom. The average molecular weight is 197 g/mol. The van der Waals surface area contributed by atoms with Gasteiger partial charge in [-0.05, 0) is 33.5 Å². The Bertz CT molecular complexity index is 231. The van der Waals surface area contributed by atoms with E-state index in [1.807, 2.05) is 11.9 Å². The van der Waals surface area contributed by atoms with Gasteiger partial charge in [0.05, 0.1) is 6.04 Å². The van der Waals surface area contributed by atoms with Crippen molar-refractivity contribution in [3.05, 3.63) is 0 Å². The highest BCUT2D eigenvalue weighted by Crippen LogP contribution is 2.31. The van der Waals surface area contributed by atoms with Crippen molar-refractivity contribution < 1.29 is 4.79 Å². The number of piperidine rings is 1. The first kappa shape index (κ1) is 9.93. The van der Waals surface area contributed by atoms with Crippen LogP contribution in [0.25, 0.3) is 0 Å². The molecule has 4 heteroatoms. The molecule has 0 radical (unpaired) electrons. The lowest BCUT2D eigenvalue weighted by Gasteiger charge is -2.53. The van der Waals surface area contributed by atoms with Crippen LogP contribution in [-0.2, 0) is 4.79 Å². The summed E-state index contributed by atoms with van der Waals surface area (Å²) in [7, 11) is 4.00. The van der Waals surface area contributed by atoms with Crippen LogP contribution in [0.5, 0.6) is 0 Å². The molecular formula is C10H19N3O. The van der Waals surface area contributed by atoms with Gasteiger partial charge < -0.3 is 10.2 Å². The van der Waals surface area contributed by atoms with E-state index < -0.39 is 0 Å².